The van der Waals surface area contributed by atoms with Crippen LogP contribution in [0.4, 0.5) is 5.82 Å². The fourth-order valence-electron chi connectivity index (χ4n) is 2.92. The summed E-state index contributed by atoms with van der Waals surface area (Å²) in [5.74, 6) is 1.04. The zero-order chi connectivity index (χ0) is 16.4. The number of thioether (sulfide) groups is 1. The second kappa shape index (κ2) is 7.30. The Bertz CT molecular complexity index is 803. The molecule has 4 rings (SSSR count). The molecule has 4 heterocycles. The summed E-state index contributed by atoms with van der Waals surface area (Å²) in [7, 11) is 0. The van der Waals surface area contributed by atoms with Crippen LogP contribution in [0, 0.1) is 0 Å². The van der Waals surface area contributed by atoms with Crippen molar-refractivity contribution in [3.63, 3.8) is 0 Å². The molecule has 1 aliphatic heterocycles. The number of fused-ring (bicyclic) bond motifs is 1. The van der Waals surface area contributed by atoms with Gasteiger partial charge in [-0.1, -0.05) is 11.8 Å². The van der Waals surface area contributed by atoms with E-state index < -0.39 is 0 Å². The highest BCUT2D eigenvalue weighted by molar-refractivity contribution is 8.00. The van der Waals surface area contributed by atoms with Crippen molar-refractivity contribution in [2.24, 2.45) is 0 Å². The maximum atomic E-state index is 4.57. The minimum absolute atomic E-state index is 0.818. The molecule has 0 N–H and O–H groups in total. The SMILES string of the molecule is CSc1nc2ncnc(N3CCCN(Cc4cscn4)CC3)c2s1. The highest BCUT2D eigenvalue weighted by atomic mass is 32.2. The molecule has 1 saturated heterocycles. The first-order valence-corrected chi connectivity index (χ1v) is 10.8. The van der Waals surface area contributed by atoms with E-state index in [-0.39, 0.29) is 0 Å². The Morgan fingerprint density at radius 1 is 1.17 bits per heavy atom. The lowest BCUT2D eigenvalue weighted by Crippen LogP contribution is -2.31. The predicted octanol–water partition coefficient (Wildman–Crippen LogP) is 2.98. The minimum atomic E-state index is 0.818. The standard InChI is InChI=1S/C15H18N6S3/c1-22-15-19-13-12(24-15)14(17-9-16-13)21-4-2-3-20(5-6-21)7-11-8-23-10-18-11/h8-10H,2-7H2,1H3. The summed E-state index contributed by atoms with van der Waals surface area (Å²) in [6.07, 6.45) is 4.82. The number of thiazole rings is 2. The molecule has 0 saturated carbocycles. The van der Waals surface area contributed by atoms with Gasteiger partial charge in [0.25, 0.3) is 0 Å². The van der Waals surface area contributed by atoms with Gasteiger partial charge < -0.3 is 4.90 Å². The van der Waals surface area contributed by atoms with E-state index in [1.54, 1.807) is 40.8 Å². The van der Waals surface area contributed by atoms with E-state index >= 15 is 0 Å². The third-order valence-corrected chi connectivity index (χ3v) is 6.75. The molecule has 0 bridgehead atoms. The van der Waals surface area contributed by atoms with Crippen LogP contribution >= 0.6 is 34.4 Å². The number of nitrogens with zero attached hydrogens (tertiary/aromatic N) is 6. The van der Waals surface area contributed by atoms with Crippen LogP contribution < -0.4 is 4.90 Å². The van der Waals surface area contributed by atoms with Crippen LogP contribution in [0.25, 0.3) is 10.3 Å². The summed E-state index contributed by atoms with van der Waals surface area (Å²) in [5, 5.41) is 2.14. The van der Waals surface area contributed by atoms with Crippen molar-refractivity contribution in [3.8, 4) is 0 Å². The first kappa shape index (κ1) is 16.2. The predicted molar refractivity (Wildman–Crippen MR) is 101 cm³/mol. The lowest BCUT2D eigenvalue weighted by molar-refractivity contribution is 0.282. The number of hydrogen-bond donors (Lipinski definition) is 0. The third kappa shape index (κ3) is 3.39. The monoisotopic (exact) mass is 378 g/mol. The van der Waals surface area contributed by atoms with Gasteiger partial charge in [0.15, 0.2) is 15.8 Å². The molecule has 0 spiro atoms. The van der Waals surface area contributed by atoms with Gasteiger partial charge in [0.2, 0.25) is 0 Å². The highest BCUT2D eigenvalue weighted by Gasteiger charge is 2.20. The molecule has 9 heteroatoms. The second-order valence-electron chi connectivity index (χ2n) is 5.63. The Labute approximate surface area is 153 Å². The molecule has 0 aliphatic carbocycles. The Morgan fingerprint density at radius 2 is 2.12 bits per heavy atom. The van der Waals surface area contributed by atoms with Crippen molar-refractivity contribution in [3.05, 3.63) is 22.9 Å². The van der Waals surface area contributed by atoms with Crippen molar-refractivity contribution in [2.75, 3.05) is 37.3 Å². The van der Waals surface area contributed by atoms with Crippen LogP contribution in [0.15, 0.2) is 21.6 Å². The number of hydrogen-bond acceptors (Lipinski definition) is 9. The van der Waals surface area contributed by atoms with E-state index in [9.17, 15) is 0 Å². The number of rotatable bonds is 4. The van der Waals surface area contributed by atoms with E-state index in [1.807, 2.05) is 11.8 Å². The van der Waals surface area contributed by atoms with Crippen LogP contribution in [0.5, 0.6) is 0 Å². The first-order chi connectivity index (χ1) is 11.8. The summed E-state index contributed by atoms with van der Waals surface area (Å²) in [6.45, 7) is 5.06. The molecule has 0 aromatic carbocycles. The average Bonchev–Trinajstić information content (AvgIpc) is 3.20. The normalized spacial score (nSPS) is 16.6. The molecular weight excluding hydrogens is 360 g/mol. The molecule has 6 nitrogen and oxygen atoms in total. The van der Waals surface area contributed by atoms with Crippen molar-refractivity contribution in [1.29, 1.82) is 0 Å². The molecule has 126 valence electrons. The van der Waals surface area contributed by atoms with Gasteiger partial charge in [0.1, 0.15) is 11.0 Å². The third-order valence-electron chi connectivity index (χ3n) is 4.08. The van der Waals surface area contributed by atoms with Crippen LogP contribution in [0.2, 0.25) is 0 Å². The smallest absolute Gasteiger partial charge is 0.176 e. The fraction of sp³-hybridized carbons (Fsp3) is 0.467. The van der Waals surface area contributed by atoms with E-state index in [0.717, 1.165) is 59.6 Å². The van der Waals surface area contributed by atoms with E-state index in [4.69, 9.17) is 0 Å². The Kier molecular flexibility index (Phi) is 4.93. The van der Waals surface area contributed by atoms with Crippen LogP contribution in [0.1, 0.15) is 12.1 Å². The van der Waals surface area contributed by atoms with Gasteiger partial charge >= 0.3 is 0 Å². The van der Waals surface area contributed by atoms with E-state index in [2.05, 4.69) is 35.1 Å². The molecule has 0 atom stereocenters. The Balaban J connectivity index is 1.52. The van der Waals surface area contributed by atoms with Gasteiger partial charge in [-0.3, -0.25) is 4.90 Å². The molecule has 0 amide bonds. The summed E-state index contributed by atoms with van der Waals surface area (Å²) in [5.41, 5.74) is 3.90. The van der Waals surface area contributed by atoms with Gasteiger partial charge in [0.05, 0.1) is 11.2 Å². The molecule has 0 unspecified atom stereocenters. The van der Waals surface area contributed by atoms with E-state index in [1.165, 1.54) is 5.69 Å². The lowest BCUT2D eigenvalue weighted by Gasteiger charge is -2.22. The summed E-state index contributed by atoms with van der Waals surface area (Å²) in [6, 6.07) is 0. The summed E-state index contributed by atoms with van der Waals surface area (Å²) >= 11 is 5.02. The zero-order valence-corrected chi connectivity index (χ0v) is 15.8. The summed E-state index contributed by atoms with van der Waals surface area (Å²) < 4.78 is 2.15. The fourth-order valence-corrected chi connectivity index (χ4v) is 5.00. The Morgan fingerprint density at radius 3 is 2.96 bits per heavy atom. The van der Waals surface area contributed by atoms with Crippen LogP contribution in [-0.4, -0.2) is 57.3 Å². The highest BCUT2D eigenvalue weighted by Crippen LogP contribution is 2.33. The molecule has 0 radical (unpaired) electrons. The van der Waals surface area contributed by atoms with Crippen LogP contribution in [0.3, 0.4) is 0 Å². The maximum Gasteiger partial charge on any atom is 0.176 e. The van der Waals surface area contributed by atoms with Crippen molar-refractivity contribution < 1.29 is 0 Å². The topological polar surface area (TPSA) is 58.0 Å². The Hall–Kier alpha value is -1.29. The molecule has 1 fully saturated rings. The van der Waals surface area contributed by atoms with Crippen molar-refractivity contribution >= 4 is 50.6 Å². The molecule has 3 aromatic heterocycles. The number of anilines is 1. The maximum absolute atomic E-state index is 4.57. The molecule has 1 aliphatic rings. The van der Waals surface area contributed by atoms with Crippen molar-refractivity contribution in [2.45, 2.75) is 17.3 Å². The average molecular weight is 379 g/mol. The number of aromatic nitrogens is 4. The van der Waals surface area contributed by atoms with Gasteiger partial charge in [-0.05, 0) is 12.7 Å². The van der Waals surface area contributed by atoms with Crippen molar-refractivity contribution in [1.82, 2.24) is 24.8 Å². The minimum Gasteiger partial charge on any atom is -0.354 e. The lowest BCUT2D eigenvalue weighted by atomic mass is 10.3. The van der Waals surface area contributed by atoms with Crippen LogP contribution in [-0.2, 0) is 6.54 Å². The van der Waals surface area contributed by atoms with Gasteiger partial charge in [-0.25, -0.2) is 19.9 Å². The zero-order valence-electron chi connectivity index (χ0n) is 13.4. The largest absolute Gasteiger partial charge is 0.354 e. The van der Waals surface area contributed by atoms with Gasteiger partial charge in [-0.2, -0.15) is 0 Å². The quantitative estimate of drug-likeness (QED) is 0.647. The molecule has 24 heavy (non-hydrogen) atoms. The second-order valence-corrected chi connectivity index (χ2v) is 8.40. The van der Waals surface area contributed by atoms with E-state index in [0.29, 0.717) is 0 Å². The van der Waals surface area contributed by atoms with Gasteiger partial charge in [0, 0.05) is 38.1 Å². The first-order valence-electron chi connectivity index (χ1n) is 7.83. The summed E-state index contributed by atoms with van der Waals surface area (Å²) in [4.78, 5) is 22.7. The van der Waals surface area contributed by atoms with Gasteiger partial charge in [-0.15, -0.1) is 22.7 Å². The molecule has 3 aromatic rings. The molecular formula is C15H18N6S3.